The number of thiophene rings is 1. The zero-order valence-electron chi connectivity index (χ0n) is 14.0. The summed E-state index contributed by atoms with van der Waals surface area (Å²) in [6.45, 7) is 4.10. The lowest BCUT2D eigenvalue weighted by molar-refractivity contribution is 0.0785. The van der Waals surface area contributed by atoms with Crippen molar-refractivity contribution in [2.75, 3.05) is 45.2 Å². The number of halogens is 1. The Morgan fingerprint density at radius 2 is 2.00 bits per heavy atom. The number of benzene rings is 1. The van der Waals surface area contributed by atoms with Crippen molar-refractivity contribution >= 4 is 22.9 Å². The van der Waals surface area contributed by atoms with E-state index >= 15 is 0 Å². The maximum absolute atomic E-state index is 13.8. The molecule has 0 bridgehead atoms. The van der Waals surface area contributed by atoms with Crippen molar-refractivity contribution in [1.82, 2.24) is 9.80 Å². The Bertz CT molecular complexity index is 696. The van der Waals surface area contributed by atoms with E-state index in [9.17, 15) is 9.18 Å². The first-order valence-corrected chi connectivity index (χ1v) is 8.98. The van der Waals surface area contributed by atoms with Crippen LogP contribution in [-0.4, -0.2) is 56.0 Å². The van der Waals surface area contributed by atoms with Crippen LogP contribution in [0.4, 0.5) is 10.1 Å². The molecular weight excluding hydrogens is 325 g/mol. The molecule has 3 rings (SSSR count). The second-order valence-electron chi connectivity index (χ2n) is 6.24. The molecule has 1 fully saturated rings. The normalized spacial score (nSPS) is 15.5. The van der Waals surface area contributed by atoms with E-state index in [2.05, 4.69) is 16.8 Å². The van der Waals surface area contributed by atoms with Crippen LogP contribution >= 0.6 is 11.3 Å². The van der Waals surface area contributed by atoms with E-state index in [0.29, 0.717) is 12.1 Å². The highest BCUT2D eigenvalue weighted by Gasteiger charge is 2.23. The van der Waals surface area contributed by atoms with E-state index in [1.807, 2.05) is 16.8 Å². The molecular formula is C18H22FN3OS. The predicted octanol–water partition coefficient (Wildman–Crippen LogP) is 2.91. The summed E-state index contributed by atoms with van der Waals surface area (Å²) in [6.07, 6.45) is 0. The molecule has 128 valence electrons. The van der Waals surface area contributed by atoms with Gasteiger partial charge in [-0.2, -0.15) is 11.3 Å². The number of rotatable bonds is 4. The first kappa shape index (κ1) is 16.9. The van der Waals surface area contributed by atoms with E-state index < -0.39 is 0 Å². The average molecular weight is 347 g/mol. The molecule has 4 nitrogen and oxygen atoms in total. The molecule has 0 saturated carbocycles. The van der Waals surface area contributed by atoms with Gasteiger partial charge >= 0.3 is 0 Å². The van der Waals surface area contributed by atoms with Crippen molar-refractivity contribution in [2.24, 2.45) is 0 Å². The van der Waals surface area contributed by atoms with Crippen molar-refractivity contribution < 1.29 is 9.18 Å². The molecule has 1 amide bonds. The summed E-state index contributed by atoms with van der Waals surface area (Å²) in [5.74, 6) is -0.519. The quantitative estimate of drug-likeness (QED) is 0.851. The van der Waals surface area contributed by atoms with Crippen LogP contribution in [0.1, 0.15) is 15.9 Å². The first-order valence-electron chi connectivity index (χ1n) is 8.04. The topological polar surface area (TPSA) is 26.8 Å². The van der Waals surface area contributed by atoms with Gasteiger partial charge in [0.05, 0.1) is 5.56 Å². The van der Waals surface area contributed by atoms with Gasteiger partial charge in [0.1, 0.15) is 5.82 Å². The Hall–Kier alpha value is -1.92. The number of carbonyl (C=O) groups is 1. The van der Waals surface area contributed by atoms with Gasteiger partial charge in [0.25, 0.3) is 5.91 Å². The van der Waals surface area contributed by atoms with E-state index in [1.165, 1.54) is 12.1 Å². The first-order chi connectivity index (χ1) is 11.5. The summed E-state index contributed by atoms with van der Waals surface area (Å²) in [5, 5.41) is 4.02. The van der Waals surface area contributed by atoms with Crippen LogP contribution < -0.4 is 4.90 Å². The second-order valence-corrected chi connectivity index (χ2v) is 7.02. The number of nitrogens with zero attached hydrogens (tertiary/aromatic N) is 3. The Morgan fingerprint density at radius 1 is 1.25 bits per heavy atom. The van der Waals surface area contributed by atoms with Crippen LogP contribution in [0.15, 0.2) is 35.0 Å². The Labute approximate surface area is 146 Å². The van der Waals surface area contributed by atoms with Crippen molar-refractivity contribution in [2.45, 2.75) is 6.54 Å². The van der Waals surface area contributed by atoms with Gasteiger partial charge in [0, 0.05) is 45.5 Å². The SMILES string of the molecule is CN1CCN(c2ccc(F)cc2C(=O)N(C)Cc2ccsc2)CC1. The highest BCUT2D eigenvalue weighted by atomic mass is 32.1. The van der Waals surface area contributed by atoms with Gasteiger partial charge in [-0.25, -0.2) is 4.39 Å². The van der Waals surface area contributed by atoms with Crippen molar-refractivity contribution in [1.29, 1.82) is 0 Å². The maximum atomic E-state index is 13.8. The third-order valence-corrected chi connectivity index (χ3v) is 5.11. The summed E-state index contributed by atoms with van der Waals surface area (Å²) in [5.41, 5.74) is 2.36. The zero-order valence-corrected chi connectivity index (χ0v) is 14.9. The van der Waals surface area contributed by atoms with Crippen LogP contribution in [0.5, 0.6) is 0 Å². The average Bonchev–Trinajstić information content (AvgIpc) is 3.08. The molecule has 6 heteroatoms. The van der Waals surface area contributed by atoms with E-state index in [0.717, 1.165) is 37.4 Å². The number of carbonyl (C=O) groups excluding carboxylic acids is 1. The number of amides is 1. The van der Waals surface area contributed by atoms with Gasteiger partial charge in [-0.05, 0) is 47.6 Å². The number of hydrogen-bond donors (Lipinski definition) is 0. The monoisotopic (exact) mass is 347 g/mol. The van der Waals surface area contributed by atoms with Crippen LogP contribution in [0.2, 0.25) is 0 Å². The van der Waals surface area contributed by atoms with Gasteiger partial charge in [-0.3, -0.25) is 4.79 Å². The summed E-state index contributed by atoms with van der Waals surface area (Å²) < 4.78 is 13.8. The largest absolute Gasteiger partial charge is 0.368 e. The third kappa shape index (κ3) is 3.76. The van der Waals surface area contributed by atoms with Gasteiger partial charge in [0.2, 0.25) is 0 Å². The fourth-order valence-electron chi connectivity index (χ4n) is 2.94. The zero-order chi connectivity index (χ0) is 17.1. The molecule has 0 aliphatic carbocycles. The molecule has 0 spiro atoms. The van der Waals surface area contributed by atoms with Crippen LogP contribution in [0, 0.1) is 5.82 Å². The second kappa shape index (κ2) is 7.32. The fraction of sp³-hybridized carbons (Fsp3) is 0.389. The molecule has 1 saturated heterocycles. The van der Waals surface area contributed by atoms with E-state index in [4.69, 9.17) is 0 Å². The van der Waals surface area contributed by atoms with Gasteiger partial charge in [0.15, 0.2) is 0 Å². The molecule has 1 aliphatic heterocycles. The maximum Gasteiger partial charge on any atom is 0.256 e. The highest BCUT2D eigenvalue weighted by molar-refractivity contribution is 7.07. The van der Waals surface area contributed by atoms with Crippen molar-refractivity contribution in [3.05, 3.63) is 52.0 Å². The summed E-state index contributed by atoms with van der Waals surface area (Å²) in [7, 11) is 3.85. The number of hydrogen-bond acceptors (Lipinski definition) is 4. The number of anilines is 1. The standard InChI is InChI=1S/C18H22FN3OS/c1-20-6-8-22(9-7-20)17-4-3-15(19)11-16(17)18(23)21(2)12-14-5-10-24-13-14/h3-5,10-11,13H,6-9,12H2,1-2H3. The number of likely N-dealkylation sites (N-methyl/N-ethyl adjacent to an activating group) is 1. The molecule has 0 unspecified atom stereocenters. The van der Waals surface area contributed by atoms with Gasteiger partial charge in [-0.1, -0.05) is 0 Å². The summed E-state index contributed by atoms with van der Waals surface area (Å²) in [4.78, 5) is 19.0. The lowest BCUT2D eigenvalue weighted by atomic mass is 10.1. The number of piperazine rings is 1. The molecule has 2 heterocycles. The van der Waals surface area contributed by atoms with Gasteiger partial charge < -0.3 is 14.7 Å². The predicted molar refractivity (Wildman–Crippen MR) is 96.2 cm³/mol. The van der Waals surface area contributed by atoms with Crippen molar-refractivity contribution in [3.63, 3.8) is 0 Å². The minimum absolute atomic E-state index is 0.144. The fourth-order valence-corrected chi connectivity index (χ4v) is 3.60. The molecule has 0 radical (unpaired) electrons. The molecule has 24 heavy (non-hydrogen) atoms. The molecule has 1 aliphatic rings. The van der Waals surface area contributed by atoms with Crippen LogP contribution in [0.25, 0.3) is 0 Å². The van der Waals surface area contributed by atoms with E-state index in [-0.39, 0.29) is 11.7 Å². The molecule has 1 aromatic heterocycles. The minimum atomic E-state index is -0.375. The minimum Gasteiger partial charge on any atom is -0.368 e. The Morgan fingerprint density at radius 3 is 2.67 bits per heavy atom. The van der Waals surface area contributed by atoms with Gasteiger partial charge in [-0.15, -0.1) is 0 Å². The molecule has 1 aromatic carbocycles. The van der Waals surface area contributed by atoms with Crippen molar-refractivity contribution in [3.8, 4) is 0 Å². The van der Waals surface area contributed by atoms with Crippen LogP contribution in [-0.2, 0) is 6.54 Å². The molecule has 0 N–H and O–H groups in total. The third-order valence-electron chi connectivity index (χ3n) is 4.38. The highest BCUT2D eigenvalue weighted by Crippen LogP contribution is 2.25. The smallest absolute Gasteiger partial charge is 0.256 e. The Kier molecular flexibility index (Phi) is 5.16. The van der Waals surface area contributed by atoms with E-state index in [1.54, 1.807) is 29.4 Å². The Balaban J connectivity index is 1.83. The summed E-state index contributed by atoms with van der Waals surface area (Å²) in [6, 6.07) is 6.52. The molecule has 2 aromatic rings. The lowest BCUT2D eigenvalue weighted by Crippen LogP contribution is -2.45. The summed E-state index contributed by atoms with van der Waals surface area (Å²) >= 11 is 1.61. The van der Waals surface area contributed by atoms with Crippen LogP contribution in [0.3, 0.4) is 0 Å². The molecule has 0 atom stereocenters. The lowest BCUT2D eigenvalue weighted by Gasteiger charge is -2.35.